The van der Waals surface area contributed by atoms with Crippen LogP contribution < -0.4 is 10.6 Å². The first-order valence-corrected chi connectivity index (χ1v) is 17.4. The summed E-state index contributed by atoms with van der Waals surface area (Å²) in [6.07, 6.45) is 4.57. The summed E-state index contributed by atoms with van der Waals surface area (Å²) in [5.74, 6) is 1.39. The number of amides is 1. The van der Waals surface area contributed by atoms with Gasteiger partial charge in [0.2, 0.25) is 5.95 Å². The van der Waals surface area contributed by atoms with E-state index in [4.69, 9.17) is 24.1 Å². The lowest BCUT2D eigenvalue weighted by molar-refractivity contribution is 0.0210. The second-order valence-corrected chi connectivity index (χ2v) is 18.3. The topological polar surface area (TPSA) is 102 Å². The monoisotopic (exact) mass is 556 g/mol. The van der Waals surface area contributed by atoms with Crippen molar-refractivity contribution in [2.45, 2.75) is 110 Å². The first kappa shape index (κ1) is 29.5. The van der Waals surface area contributed by atoms with E-state index >= 15 is 0 Å². The molecular weight excluding hydrogens is 508 g/mol. The molecule has 9 nitrogen and oxygen atoms in total. The molecule has 1 aliphatic carbocycles. The molecule has 0 atom stereocenters. The molecule has 2 aliphatic rings. The normalized spacial score (nSPS) is 16.9. The van der Waals surface area contributed by atoms with Crippen LogP contribution in [-0.4, -0.2) is 72.1 Å². The summed E-state index contributed by atoms with van der Waals surface area (Å²) in [6, 6.07) is 0.173. The highest BCUT2D eigenvalue weighted by molar-refractivity contribution is 6.74. The van der Waals surface area contributed by atoms with Crippen LogP contribution in [0.5, 0.6) is 0 Å². The number of likely N-dealkylation sites (tertiary alicyclic amines) is 1. The van der Waals surface area contributed by atoms with Crippen molar-refractivity contribution in [3.63, 3.8) is 0 Å². The van der Waals surface area contributed by atoms with Crippen molar-refractivity contribution in [3.05, 3.63) is 16.8 Å². The summed E-state index contributed by atoms with van der Waals surface area (Å²) in [7, 11) is -1.82. The zero-order valence-corrected chi connectivity index (χ0v) is 26.5. The second-order valence-electron chi connectivity index (χ2n) is 13.5. The van der Waals surface area contributed by atoms with Gasteiger partial charge >= 0.3 is 6.09 Å². The maximum Gasteiger partial charge on any atom is 0.410 e. The Kier molecular flexibility index (Phi) is 8.47. The van der Waals surface area contributed by atoms with E-state index < -0.39 is 13.9 Å². The summed E-state index contributed by atoms with van der Waals surface area (Å²) in [6.45, 7) is 21.8. The maximum absolute atomic E-state index is 12.5. The van der Waals surface area contributed by atoms with Crippen LogP contribution in [-0.2, 0) is 22.0 Å². The van der Waals surface area contributed by atoms with E-state index in [1.54, 1.807) is 4.90 Å². The van der Waals surface area contributed by atoms with Gasteiger partial charge in [0.05, 0.1) is 12.0 Å². The molecule has 2 aromatic heterocycles. The number of hydrogen-bond donors (Lipinski definition) is 2. The van der Waals surface area contributed by atoms with Gasteiger partial charge in [-0.15, -0.1) is 0 Å². The Balaban J connectivity index is 1.49. The SMILES string of the molecule is Cc1c2c(nc3nc(NC4CCN(C(=O)OC(C)(C)C)CC4)nc(NCCO[Si](C)(C)C(C)(C)C)c13)CCC2. The van der Waals surface area contributed by atoms with Crippen molar-refractivity contribution >= 4 is 37.2 Å². The van der Waals surface area contributed by atoms with Crippen LogP contribution in [0.3, 0.4) is 0 Å². The van der Waals surface area contributed by atoms with E-state index in [-0.39, 0.29) is 17.2 Å². The average molecular weight is 557 g/mol. The summed E-state index contributed by atoms with van der Waals surface area (Å²) in [4.78, 5) is 29.0. The lowest BCUT2D eigenvalue weighted by Gasteiger charge is -2.36. The Labute approximate surface area is 235 Å². The van der Waals surface area contributed by atoms with Crippen LogP contribution in [0, 0.1) is 6.92 Å². The smallest absolute Gasteiger partial charge is 0.410 e. The molecule has 2 aromatic rings. The number of ether oxygens (including phenoxy) is 1. The Morgan fingerprint density at radius 3 is 2.38 bits per heavy atom. The van der Waals surface area contributed by atoms with E-state index in [0.29, 0.717) is 32.2 Å². The summed E-state index contributed by atoms with van der Waals surface area (Å²) >= 11 is 0. The van der Waals surface area contributed by atoms with Crippen LogP contribution in [0.15, 0.2) is 0 Å². The molecule has 4 rings (SSSR count). The zero-order chi connectivity index (χ0) is 28.6. The Hall–Kier alpha value is -2.46. The summed E-state index contributed by atoms with van der Waals surface area (Å²) < 4.78 is 11.9. The molecule has 1 fully saturated rings. The van der Waals surface area contributed by atoms with E-state index in [1.165, 1.54) is 16.8 Å². The molecule has 1 saturated heterocycles. The van der Waals surface area contributed by atoms with Gasteiger partial charge in [-0.2, -0.15) is 9.97 Å². The third-order valence-corrected chi connectivity index (χ3v) is 12.8. The van der Waals surface area contributed by atoms with Crippen LogP contribution in [0.1, 0.15) is 77.6 Å². The largest absolute Gasteiger partial charge is 0.444 e. The number of nitrogens with zero attached hydrogens (tertiary/aromatic N) is 4. The molecule has 216 valence electrons. The summed E-state index contributed by atoms with van der Waals surface area (Å²) in [5, 5.41) is 8.28. The van der Waals surface area contributed by atoms with Crippen molar-refractivity contribution in [2.24, 2.45) is 0 Å². The number of carbonyl (C=O) groups excluding carboxylic acids is 1. The molecular formula is C29H48N6O3Si. The Bertz CT molecular complexity index is 1200. The minimum Gasteiger partial charge on any atom is -0.444 e. The predicted octanol–water partition coefficient (Wildman–Crippen LogP) is 6.07. The van der Waals surface area contributed by atoms with Gasteiger partial charge in [-0.05, 0) is 89.1 Å². The van der Waals surface area contributed by atoms with Gasteiger partial charge in [-0.1, -0.05) is 20.8 Å². The second kappa shape index (κ2) is 11.2. The average Bonchev–Trinajstić information content (AvgIpc) is 3.29. The number of hydrogen-bond acceptors (Lipinski definition) is 8. The van der Waals surface area contributed by atoms with Crippen molar-refractivity contribution < 1.29 is 14.0 Å². The van der Waals surface area contributed by atoms with Crippen molar-refractivity contribution in [3.8, 4) is 0 Å². The molecule has 0 radical (unpaired) electrons. The van der Waals surface area contributed by atoms with Gasteiger partial charge < -0.3 is 24.7 Å². The molecule has 39 heavy (non-hydrogen) atoms. The van der Waals surface area contributed by atoms with E-state index in [1.807, 2.05) is 20.8 Å². The molecule has 1 aliphatic heterocycles. The number of nitrogens with one attached hydrogen (secondary N) is 2. The fourth-order valence-electron chi connectivity index (χ4n) is 5.01. The van der Waals surface area contributed by atoms with Crippen molar-refractivity contribution in [1.82, 2.24) is 19.9 Å². The highest BCUT2D eigenvalue weighted by Gasteiger charge is 2.37. The van der Waals surface area contributed by atoms with E-state index in [9.17, 15) is 4.79 Å². The zero-order valence-electron chi connectivity index (χ0n) is 25.5. The van der Waals surface area contributed by atoms with Crippen molar-refractivity contribution in [2.75, 3.05) is 36.9 Å². The quantitative estimate of drug-likeness (QED) is 0.313. The molecule has 0 unspecified atom stereocenters. The number of fused-ring (bicyclic) bond motifs is 2. The molecule has 3 heterocycles. The minimum atomic E-state index is -1.82. The molecule has 0 saturated carbocycles. The lowest BCUT2D eigenvalue weighted by Crippen LogP contribution is -2.44. The summed E-state index contributed by atoms with van der Waals surface area (Å²) in [5.41, 5.74) is 4.00. The number of rotatable bonds is 7. The Morgan fingerprint density at radius 2 is 1.74 bits per heavy atom. The molecule has 0 aromatic carbocycles. The van der Waals surface area contributed by atoms with E-state index in [0.717, 1.165) is 49.0 Å². The third-order valence-electron chi connectivity index (χ3n) is 8.29. The number of carbonyl (C=O) groups is 1. The van der Waals surface area contributed by atoms with Gasteiger partial charge in [0.1, 0.15) is 11.4 Å². The standard InChI is InChI=1S/C29H48N6O3Si/c1-19-21-11-10-12-22(21)32-25-23(19)24(30-15-18-37-39(8,9)29(5,6)7)33-26(34-25)31-20-13-16-35(17-14-20)27(36)38-28(2,3)4/h20H,10-18H2,1-9H3,(H2,30,31,32,33,34). The number of aromatic nitrogens is 3. The van der Waals surface area contributed by atoms with Crippen LogP contribution >= 0.6 is 0 Å². The highest BCUT2D eigenvalue weighted by atomic mass is 28.4. The van der Waals surface area contributed by atoms with Crippen LogP contribution in [0.2, 0.25) is 18.1 Å². The van der Waals surface area contributed by atoms with Gasteiger partial charge in [0.15, 0.2) is 14.0 Å². The third kappa shape index (κ3) is 7.00. The molecule has 0 spiro atoms. The molecule has 0 bridgehead atoms. The van der Waals surface area contributed by atoms with Gasteiger partial charge in [0, 0.05) is 31.4 Å². The molecule has 10 heteroatoms. The maximum atomic E-state index is 12.5. The van der Waals surface area contributed by atoms with E-state index in [2.05, 4.69) is 51.4 Å². The van der Waals surface area contributed by atoms with Gasteiger partial charge in [-0.25, -0.2) is 9.78 Å². The fourth-order valence-corrected chi connectivity index (χ4v) is 6.05. The van der Waals surface area contributed by atoms with Crippen LogP contribution in [0.25, 0.3) is 11.0 Å². The lowest BCUT2D eigenvalue weighted by atomic mass is 10.0. The molecule has 1 amide bonds. The number of aryl methyl sites for hydroxylation is 2. The van der Waals surface area contributed by atoms with Crippen LogP contribution in [0.4, 0.5) is 16.6 Å². The minimum absolute atomic E-state index is 0.172. The van der Waals surface area contributed by atoms with Gasteiger partial charge in [-0.3, -0.25) is 0 Å². The highest BCUT2D eigenvalue weighted by Crippen LogP contribution is 2.37. The van der Waals surface area contributed by atoms with Gasteiger partial charge in [0.25, 0.3) is 0 Å². The number of piperidine rings is 1. The first-order chi connectivity index (χ1) is 18.1. The number of pyridine rings is 1. The number of anilines is 2. The predicted molar refractivity (Wildman–Crippen MR) is 160 cm³/mol. The fraction of sp³-hybridized carbons (Fsp3) is 0.724. The first-order valence-electron chi connectivity index (χ1n) is 14.5. The van der Waals surface area contributed by atoms with Crippen molar-refractivity contribution in [1.29, 1.82) is 0 Å². The molecule has 2 N–H and O–H groups in total. The Morgan fingerprint density at radius 1 is 1.05 bits per heavy atom.